The molecule has 0 radical (unpaired) electrons. The zero-order chi connectivity index (χ0) is 22.6. The summed E-state index contributed by atoms with van der Waals surface area (Å²) in [6, 6.07) is 0. The molecule has 0 spiro atoms. The minimum absolute atomic E-state index is 0.0311. The van der Waals surface area contributed by atoms with Crippen LogP contribution in [0.15, 0.2) is 11.6 Å². The van der Waals surface area contributed by atoms with Gasteiger partial charge in [-0.15, -0.1) is 0 Å². The summed E-state index contributed by atoms with van der Waals surface area (Å²) in [5.41, 5.74) is 3.11. The first kappa shape index (κ1) is 22.5. The Morgan fingerprint density at radius 1 is 0.839 bits per heavy atom. The third-order valence-electron chi connectivity index (χ3n) is 13.0. The molecule has 176 valence electrons. The summed E-state index contributed by atoms with van der Waals surface area (Å²) < 4.78 is 0. The predicted octanol–water partition coefficient (Wildman–Crippen LogP) is 8.02. The molecular weight excluding hydrogens is 376 g/mol. The standard InChI is InChI=1S/C30H50O/c1-19(2)20-11-15-27(5)17-18-28(6)21(25(20)27)9-10-23-29(28,7)16-12-22-26(3,4)14-13-24(31)30(22,23)8/h12,19-21,23-25,31H,9-11,13-18H2,1-8H3/t20-,21?,23?,24?,25?,27-,28-,29-,30-/m1/s1. The van der Waals surface area contributed by atoms with Crippen LogP contribution in [0, 0.1) is 56.7 Å². The monoisotopic (exact) mass is 426 g/mol. The first-order valence-corrected chi connectivity index (χ1v) is 13.7. The second-order valence-electron chi connectivity index (χ2n) is 14.7. The van der Waals surface area contributed by atoms with Gasteiger partial charge in [-0.3, -0.25) is 0 Å². The molecule has 0 aromatic heterocycles. The van der Waals surface area contributed by atoms with E-state index in [1.54, 1.807) is 5.57 Å². The van der Waals surface area contributed by atoms with Crippen LogP contribution in [-0.2, 0) is 0 Å². The zero-order valence-corrected chi connectivity index (χ0v) is 21.9. The van der Waals surface area contributed by atoms with Crippen LogP contribution in [0.2, 0.25) is 0 Å². The molecule has 0 aliphatic heterocycles. The van der Waals surface area contributed by atoms with E-state index in [2.05, 4.69) is 61.5 Å². The quantitative estimate of drug-likeness (QED) is 0.421. The number of allylic oxidation sites excluding steroid dienone is 1. The molecule has 1 nitrogen and oxygen atoms in total. The summed E-state index contributed by atoms with van der Waals surface area (Å²) in [5.74, 6) is 4.14. The number of fused-ring (bicyclic) bond motifs is 7. The molecule has 9 atom stereocenters. The Labute approximate surface area is 192 Å². The van der Waals surface area contributed by atoms with Gasteiger partial charge in [-0.25, -0.2) is 0 Å². The third kappa shape index (κ3) is 2.65. The van der Waals surface area contributed by atoms with Crippen LogP contribution in [0.4, 0.5) is 0 Å². The molecule has 1 heteroatoms. The van der Waals surface area contributed by atoms with Gasteiger partial charge < -0.3 is 5.11 Å². The summed E-state index contributed by atoms with van der Waals surface area (Å²) in [4.78, 5) is 0. The summed E-state index contributed by atoms with van der Waals surface area (Å²) >= 11 is 0. The van der Waals surface area contributed by atoms with Gasteiger partial charge in [0.1, 0.15) is 0 Å². The molecule has 0 aromatic carbocycles. The van der Waals surface area contributed by atoms with E-state index in [0.717, 1.165) is 36.5 Å². The van der Waals surface area contributed by atoms with Crippen LogP contribution in [0.5, 0.6) is 0 Å². The highest BCUT2D eigenvalue weighted by atomic mass is 16.3. The minimum Gasteiger partial charge on any atom is -0.392 e. The van der Waals surface area contributed by atoms with Crippen molar-refractivity contribution in [3.05, 3.63) is 11.6 Å². The SMILES string of the molecule is CC(C)[C@H]1CC[C@]2(C)CC[C@]3(C)C(CCC4[C@@]5(C)C(=CC[C@]43C)C(C)(C)CCC5O)C12. The lowest BCUT2D eigenvalue weighted by atomic mass is 9.34. The summed E-state index contributed by atoms with van der Waals surface area (Å²) in [5, 5.41) is 11.5. The molecule has 0 amide bonds. The Morgan fingerprint density at radius 3 is 2.23 bits per heavy atom. The fourth-order valence-corrected chi connectivity index (χ4v) is 11.0. The molecule has 5 aliphatic rings. The molecule has 0 aromatic rings. The largest absolute Gasteiger partial charge is 0.392 e. The van der Waals surface area contributed by atoms with Gasteiger partial charge in [-0.05, 0) is 109 Å². The van der Waals surface area contributed by atoms with Gasteiger partial charge in [0.15, 0.2) is 0 Å². The lowest BCUT2D eigenvalue weighted by molar-refractivity contribution is -0.206. The topological polar surface area (TPSA) is 20.2 Å². The van der Waals surface area contributed by atoms with Crippen molar-refractivity contribution in [2.45, 2.75) is 119 Å². The van der Waals surface area contributed by atoms with E-state index >= 15 is 0 Å². The van der Waals surface area contributed by atoms with E-state index in [4.69, 9.17) is 0 Å². The van der Waals surface area contributed by atoms with E-state index in [1.165, 1.54) is 44.9 Å². The van der Waals surface area contributed by atoms with Gasteiger partial charge in [0, 0.05) is 5.41 Å². The van der Waals surface area contributed by atoms with Crippen LogP contribution in [0.25, 0.3) is 0 Å². The van der Waals surface area contributed by atoms with Crippen molar-refractivity contribution in [2.75, 3.05) is 0 Å². The average Bonchev–Trinajstić information content (AvgIpc) is 3.04. The van der Waals surface area contributed by atoms with Crippen LogP contribution in [-0.4, -0.2) is 11.2 Å². The van der Waals surface area contributed by atoms with E-state index in [1.807, 2.05) is 0 Å². The summed E-state index contributed by atoms with van der Waals surface area (Å²) in [7, 11) is 0. The first-order valence-electron chi connectivity index (χ1n) is 13.7. The average molecular weight is 427 g/mol. The molecule has 0 bridgehead atoms. The van der Waals surface area contributed by atoms with Crippen molar-refractivity contribution in [3.63, 3.8) is 0 Å². The number of aliphatic hydroxyl groups excluding tert-OH is 1. The van der Waals surface area contributed by atoms with Crippen molar-refractivity contribution in [1.82, 2.24) is 0 Å². The predicted molar refractivity (Wildman–Crippen MR) is 131 cm³/mol. The second kappa shape index (κ2) is 6.64. The fraction of sp³-hybridized carbons (Fsp3) is 0.933. The number of aliphatic hydroxyl groups is 1. The van der Waals surface area contributed by atoms with Gasteiger partial charge >= 0.3 is 0 Å². The molecule has 0 saturated heterocycles. The van der Waals surface area contributed by atoms with E-state index < -0.39 is 0 Å². The van der Waals surface area contributed by atoms with E-state index in [-0.39, 0.29) is 16.9 Å². The number of hydrogen-bond donors (Lipinski definition) is 1. The molecule has 0 heterocycles. The maximum Gasteiger partial charge on any atom is 0.0634 e. The zero-order valence-electron chi connectivity index (χ0n) is 21.9. The molecule has 5 rings (SSSR count). The lowest BCUT2D eigenvalue weighted by Crippen LogP contribution is -2.65. The third-order valence-corrected chi connectivity index (χ3v) is 13.0. The van der Waals surface area contributed by atoms with Crippen molar-refractivity contribution < 1.29 is 5.11 Å². The van der Waals surface area contributed by atoms with Gasteiger partial charge in [0.2, 0.25) is 0 Å². The van der Waals surface area contributed by atoms with Crippen LogP contribution >= 0.6 is 0 Å². The van der Waals surface area contributed by atoms with Crippen molar-refractivity contribution in [3.8, 4) is 0 Å². The Hall–Kier alpha value is -0.300. The molecule has 4 unspecified atom stereocenters. The van der Waals surface area contributed by atoms with Crippen molar-refractivity contribution in [1.29, 1.82) is 0 Å². The van der Waals surface area contributed by atoms with Gasteiger partial charge in [-0.1, -0.05) is 67.0 Å². The highest BCUT2D eigenvalue weighted by Gasteiger charge is 2.69. The highest BCUT2D eigenvalue weighted by Crippen LogP contribution is 2.76. The van der Waals surface area contributed by atoms with Gasteiger partial charge in [-0.2, -0.15) is 0 Å². The Kier molecular flexibility index (Phi) is 4.82. The molecule has 4 fully saturated rings. The normalized spacial score (nSPS) is 55.7. The maximum absolute atomic E-state index is 11.5. The Balaban J connectivity index is 1.60. The van der Waals surface area contributed by atoms with Crippen molar-refractivity contribution >= 4 is 0 Å². The van der Waals surface area contributed by atoms with Gasteiger partial charge in [0.25, 0.3) is 0 Å². The Morgan fingerprint density at radius 2 is 1.55 bits per heavy atom. The van der Waals surface area contributed by atoms with Crippen LogP contribution in [0.3, 0.4) is 0 Å². The Bertz CT molecular complexity index is 777. The van der Waals surface area contributed by atoms with Gasteiger partial charge in [0.05, 0.1) is 6.10 Å². The molecule has 1 N–H and O–H groups in total. The summed E-state index contributed by atoms with van der Waals surface area (Å²) in [6.45, 7) is 20.4. The molecule has 31 heavy (non-hydrogen) atoms. The van der Waals surface area contributed by atoms with Crippen molar-refractivity contribution in [2.24, 2.45) is 56.7 Å². The van der Waals surface area contributed by atoms with E-state index in [9.17, 15) is 5.11 Å². The summed E-state index contributed by atoms with van der Waals surface area (Å²) in [6.07, 6.45) is 14.3. The smallest absolute Gasteiger partial charge is 0.0634 e. The lowest BCUT2D eigenvalue weighted by Gasteiger charge is -2.71. The number of hydrogen-bond acceptors (Lipinski definition) is 1. The maximum atomic E-state index is 11.5. The molecular formula is C30H50O. The van der Waals surface area contributed by atoms with Crippen LogP contribution in [0.1, 0.15) is 113 Å². The minimum atomic E-state index is -0.166. The van der Waals surface area contributed by atoms with Crippen LogP contribution < -0.4 is 0 Å². The highest BCUT2D eigenvalue weighted by molar-refractivity contribution is 5.34. The molecule has 4 saturated carbocycles. The number of rotatable bonds is 1. The molecule has 5 aliphatic carbocycles. The first-order chi connectivity index (χ1) is 14.3. The van der Waals surface area contributed by atoms with E-state index in [0.29, 0.717) is 22.2 Å². The second-order valence-corrected chi connectivity index (χ2v) is 14.7. The fourth-order valence-electron chi connectivity index (χ4n) is 11.0.